The Morgan fingerprint density at radius 1 is 1.29 bits per heavy atom. The minimum atomic E-state index is 0.569. The van der Waals surface area contributed by atoms with E-state index in [1.165, 1.54) is 5.56 Å². The first-order chi connectivity index (χ1) is 6.74. The van der Waals surface area contributed by atoms with Crippen LogP contribution in [0.5, 0.6) is 0 Å². The number of rotatable bonds is 2. The molecule has 0 spiro atoms. The van der Waals surface area contributed by atoms with E-state index < -0.39 is 0 Å². The molecule has 0 saturated heterocycles. The molecule has 0 aromatic heterocycles. The van der Waals surface area contributed by atoms with Crippen molar-refractivity contribution in [2.45, 2.75) is 13.8 Å². The van der Waals surface area contributed by atoms with Gasteiger partial charge in [0, 0.05) is 5.56 Å². The molecule has 69 valence electrons. The summed E-state index contributed by atoms with van der Waals surface area (Å²) >= 11 is 0. The molecule has 0 heterocycles. The van der Waals surface area contributed by atoms with Gasteiger partial charge in [0.15, 0.2) is 0 Å². The van der Waals surface area contributed by atoms with Crippen molar-refractivity contribution >= 4 is 16.3 Å². The smallest absolute Gasteiger partial charge is 0.133 e. The van der Waals surface area contributed by atoms with Crippen LogP contribution in [0, 0.1) is 17.4 Å². The molecular formula is C13H13Si. The minimum absolute atomic E-state index is 0.569. The monoisotopic (exact) mass is 197 g/mol. The maximum Gasteiger partial charge on any atom is 0.147 e. The van der Waals surface area contributed by atoms with Gasteiger partial charge in [-0.3, -0.25) is 0 Å². The van der Waals surface area contributed by atoms with Gasteiger partial charge in [0.1, 0.15) is 10.2 Å². The summed E-state index contributed by atoms with van der Waals surface area (Å²) in [5, 5.41) is 0. The van der Waals surface area contributed by atoms with E-state index in [9.17, 15) is 0 Å². The van der Waals surface area contributed by atoms with Gasteiger partial charge >= 0.3 is 0 Å². The van der Waals surface area contributed by atoms with Crippen LogP contribution < -0.4 is 0 Å². The Hall–Kier alpha value is -1.26. The third-order valence-electron chi connectivity index (χ3n) is 1.82. The second kappa shape index (κ2) is 5.46. The first-order valence-corrected chi connectivity index (χ1v) is 5.19. The molecule has 0 aliphatic rings. The highest BCUT2D eigenvalue weighted by molar-refractivity contribution is 6.22. The summed E-state index contributed by atoms with van der Waals surface area (Å²) in [5.41, 5.74) is 4.96. The Balaban J connectivity index is 2.99. The van der Waals surface area contributed by atoms with Gasteiger partial charge in [0.25, 0.3) is 0 Å². The summed E-state index contributed by atoms with van der Waals surface area (Å²) in [7, 11) is 3.16. The number of hydrogen-bond acceptors (Lipinski definition) is 0. The third-order valence-corrected chi connectivity index (χ3v) is 1.94. The van der Waals surface area contributed by atoms with Gasteiger partial charge in [-0.15, -0.1) is 5.54 Å². The van der Waals surface area contributed by atoms with E-state index in [1.54, 1.807) is 0 Å². The predicted octanol–water partition coefficient (Wildman–Crippen LogP) is 2.83. The van der Waals surface area contributed by atoms with E-state index in [2.05, 4.69) is 53.8 Å². The molecule has 3 radical (unpaired) electrons. The van der Waals surface area contributed by atoms with E-state index in [0.29, 0.717) is 5.92 Å². The largest absolute Gasteiger partial charge is 0.147 e. The van der Waals surface area contributed by atoms with Gasteiger partial charge in [0.05, 0.1) is 0 Å². The van der Waals surface area contributed by atoms with Crippen LogP contribution in [0.25, 0.3) is 6.08 Å². The molecule has 1 aromatic carbocycles. The van der Waals surface area contributed by atoms with Crippen LogP contribution in [-0.4, -0.2) is 10.2 Å². The van der Waals surface area contributed by atoms with Crippen molar-refractivity contribution in [1.82, 2.24) is 0 Å². The highest BCUT2D eigenvalue weighted by atomic mass is 28.1. The normalized spacial score (nSPS) is 10.3. The second-order valence-electron chi connectivity index (χ2n) is 3.44. The lowest BCUT2D eigenvalue weighted by Gasteiger charge is -1.99. The molecule has 0 amide bonds. The van der Waals surface area contributed by atoms with Crippen molar-refractivity contribution in [1.29, 1.82) is 0 Å². The average molecular weight is 197 g/mol. The van der Waals surface area contributed by atoms with Gasteiger partial charge in [0.2, 0.25) is 0 Å². The molecule has 0 saturated carbocycles. The van der Waals surface area contributed by atoms with Crippen molar-refractivity contribution in [3.63, 3.8) is 0 Å². The molecule has 0 nitrogen and oxygen atoms in total. The maximum atomic E-state index is 3.16. The first-order valence-electron chi connectivity index (χ1n) is 4.69. The number of hydrogen-bond donors (Lipinski definition) is 0. The lowest BCUT2D eigenvalue weighted by Crippen LogP contribution is -1.83. The van der Waals surface area contributed by atoms with E-state index in [0.717, 1.165) is 5.56 Å². The predicted molar refractivity (Wildman–Crippen MR) is 62.9 cm³/mol. The van der Waals surface area contributed by atoms with Crippen molar-refractivity contribution < 1.29 is 0 Å². The lowest BCUT2D eigenvalue weighted by molar-refractivity contribution is 0.836. The highest BCUT2D eigenvalue weighted by Gasteiger charge is 1.93. The molecule has 1 heteroatoms. The topological polar surface area (TPSA) is 0 Å². The zero-order chi connectivity index (χ0) is 10.4. The molecule has 1 rings (SSSR count). The van der Waals surface area contributed by atoms with Gasteiger partial charge in [-0.1, -0.05) is 50.1 Å². The van der Waals surface area contributed by atoms with Gasteiger partial charge in [-0.2, -0.15) is 0 Å². The molecule has 14 heavy (non-hydrogen) atoms. The molecule has 0 aliphatic carbocycles. The molecule has 0 unspecified atom stereocenters. The Morgan fingerprint density at radius 3 is 2.64 bits per heavy atom. The third kappa shape index (κ3) is 3.24. The zero-order valence-corrected chi connectivity index (χ0v) is 9.54. The Labute approximate surface area is 89.5 Å². The lowest BCUT2D eigenvalue weighted by atomic mass is 10.1. The summed E-state index contributed by atoms with van der Waals surface area (Å²) in [6.45, 7) is 4.32. The fourth-order valence-corrected chi connectivity index (χ4v) is 1.25. The number of benzene rings is 1. The average Bonchev–Trinajstić information content (AvgIpc) is 2.17. The van der Waals surface area contributed by atoms with E-state index in [1.807, 2.05) is 18.2 Å². The molecule has 0 bridgehead atoms. The Morgan fingerprint density at radius 2 is 2.00 bits per heavy atom. The molecule has 0 aliphatic heterocycles. The van der Waals surface area contributed by atoms with Crippen LogP contribution >= 0.6 is 0 Å². The van der Waals surface area contributed by atoms with Gasteiger partial charge < -0.3 is 0 Å². The van der Waals surface area contributed by atoms with Crippen LogP contribution in [0.3, 0.4) is 0 Å². The second-order valence-corrected chi connectivity index (χ2v) is 3.69. The van der Waals surface area contributed by atoms with Crippen molar-refractivity contribution in [3.8, 4) is 11.5 Å². The number of allylic oxidation sites excluding steroid dienone is 1. The molecule has 1 aromatic rings. The van der Waals surface area contributed by atoms with E-state index >= 15 is 0 Å². The molecule has 0 fully saturated rings. The first kappa shape index (κ1) is 10.8. The standard InChI is InChI=1S/C13H13Si/c1-11(2)7-8-12-5-3-4-6-13(12)9-10-14/h3-8,11H,1-2H3. The van der Waals surface area contributed by atoms with Crippen LogP contribution in [0.4, 0.5) is 0 Å². The van der Waals surface area contributed by atoms with Crippen molar-refractivity contribution in [3.05, 3.63) is 41.5 Å². The summed E-state index contributed by atoms with van der Waals surface area (Å²) < 4.78 is 0. The SMILES string of the molecule is CC(C)C=Cc1ccccc1C#C[Si]. The fraction of sp³-hybridized carbons (Fsp3) is 0.231. The zero-order valence-electron chi connectivity index (χ0n) is 8.54. The molecule has 0 N–H and O–H groups in total. The maximum absolute atomic E-state index is 3.16. The van der Waals surface area contributed by atoms with Crippen LogP contribution in [0.15, 0.2) is 30.3 Å². The fourth-order valence-electron chi connectivity index (χ4n) is 1.12. The van der Waals surface area contributed by atoms with Crippen LogP contribution in [0.1, 0.15) is 25.0 Å². The van der Waals surface area contributed by atoms with Crippen LogP contribution in [0.2, 0.25) is 0 Å². The van der Waals surface area contributed by atoms with E-state index in [4.69, 9.17) is 0 Å². The quantitative estimate of drug-likeness (QED) is 0.505. The molecular weight excluding hydrogens is 184 g/mol. The Kier molecular flexibility index (Phi) is 4.22. The van der Waals surface area contributed by atoms with Gasteiger partial charge in [-0.25, -0.2) is 0 Å². The minimum Gasteiger partial charge on any atom is -0.133 e. The van der Waals surface area contributed by atoms with Crippen LogP contribution in [-0.2, 0) is 0 Å². The van der Waals surface area contributed by atoms with Crippen molar-refractivity contribution in [2.75, 3.05) is 0 Å². The summed E-state index contributed by atoms with van der Waals surface area (Å²) in [6.07, 6.45) is 4.30. The summed E-state index contributed by atoms with van der Waals surface area (Å²) in [5.74, 6) is 3.58. The van der Waals surface area contributed by atoms with E-state index in [-0.39, 0.29) is 0 Å². The van der Waals surface area contributed by atoms with Gasteiger partial charge in [-0.05, 0) is 17.5 Å². The molecule has 0 atom stereocenters. The highest BCUT2D eigenvalue weighted by Crippen LogP contribution is 2.10. The Bertz CT molecular complexity index is 378. The van der Waals surface area contributed by atoms with Crippen molar-refractivity contribution in [2.24, 2.45) is 5.92 Å². The summed E-state index contributed by atoms with van der Waals surface area (Å²) in [6, 6.07) is 8.12. The summed E-state index contributed by atoms with van der Waals surface area (Å²) in [4.78, 5) is 0.